The summed E-state index contributed by atoms with van der Waals surface area (Å²) >= 11 is 3.44. The van der Waals surface area contributed by atoms with Crippen LogP contribution in [0.3, 0.4) is 0 Å². The van der Waals surface area contributed by atoms with Crippen LogP contribution in [0, 0.1) is 37.5 Å². The zero-order chi connectivity index (χ0) is 21.7. The molecule has 0 aromatic heterocycles. The van der Waals surface area contributed by atoms with Crippen LogP contribution in [0.2, 0.25) is 0 Å². The van der Waals surface area contributed by atoms with Crippen molar-refractivity contribution in [2.75, 3.05) is 11.9 Å². The van der Waals surface area contributed by atoms with Gasteiger partial charge in [-0.25, -0.2) is 4.79 Å². The van der Waals surface area contributed by atoms with Crippen molar-refractivity contribution in [1.82, 2.24) is 4.90 Å². The summed E-state index contributed by atoms with van der Waals surface area (Å²) in [5.41, 5.74) is 2.55. The van der Waals surface area contributed by atoms with Gasteiger partial charge in [0.1, 0.15) is 6.04 Å². The maximum Gasteiger partial charge on any atom is 0.329 e. The summed E-state index contributed by atoms with van der Waals surface area (Å²) in [6, 6.07) is 2.57. The largest absolute Gasteiger partial charge is 0.454 e. The lowest BCUT2D eigenvalue weighted by Crippen LogP contribution is -2.45. The standard InChI is InChI=1S/C22H25BrN2O5/c1-10-11(2)16(7-6-15(10)23)24-17(26)9-30-22(29)12(3)25-20(27)18-13-4-5-14(8-13)19(18)21(25)28/h6-7,12-14,18-19H,4-5,8-9H2,1-3H3,(H,24,26)/t12-,13-,14-,18-,19+/m0/s1. The van der Waals surface area contributed by atoms with Crippen molar-refractivity contribution in [3.8, 4) is 0 Å². The number of halogens is 1. The van der Waals surface area contributed by atoms with Crippen molar-refractivity contribution in [2.45, 2.75) is 46.1 Å². The van der Waals surface area contributed by atoms with E-state index < -0.39 is 24.5 Å². The summed E-state index contributed by atoms with van der Waals surface area (Å²) in [4.78, 5) is 51.5. The molecule has 1 aliphatic heterocycles. The van der Waals surface area contributed by atoms with Gasteiger partial charge in [0.15, 0.2) is 6.61 Å². The van der Waals surface area contributed by atoms with E-state index in [0.29, 0.717) is 5.69 Å². The normalized spacial score (nSPS) is 27.9. The summed E-state index contributed by atoms with van der Waals surface area (Å²) in [6.45, 7) is 4.83. The molecule has 0 unspecified atom stereocenters. The quantitative estimate of drug-likeness (QED) is 0.520. The van der Waals surface area contributed by atoms with Gasteiger partial charge in [0.05, 0.1) is 11.8 Å². The van der Waals surface area contributed by atoms with Crippen LogP contribution in [0.25, 0.3) is 0 Å². The predicted molar refractivity (Wildman–Crippen MR) is 112 cm³/mol. The van der Waals surface area contributed by atoms with Crippen molar-refractivity contribution >= 4 is 45.3 Å². The predicted octanol–water partition coefficient (Wildman–Crippen LogP) is 2.97. The number of likely N-dealkylation sites (tertiary alicyclic amines) is 1. The summed E-state index contributed by atoms with van der Waals surface area (Å²) in [7, 11) is 0. The number of hydrogen-bond donors (Lipinski definition) is 1. The maximum absolute atomic E-state index is 12.8. The SMILES string of the molecule is Cc1c(Br)ccc(NC(=O)COC(=O)[C@H](C)N2C(=O)[C@@H]3[C@H]4CC[C@@H](C4)[C@@H]3C2=O)c1C. The van der Waals surface area contributed by atoms with E-state index in [1.165, 1.54) is 6.92 Å². The highest BCUT2D eigenvalue weighted by Gasteiger charge is 2.62. The van der Waals surface area contributed by atoms with Crippen LogP contribution < -0.4 is 5.32 Å². The number of amides is 3. The molecule has 1 aromatic carbocycles. The smallest absolute Gasteiger partial charge is 0.329 e. The highest BCUT2D eigenvalue weighted by Crippen LogP contribution is 2.56. The molecule has 3 amide bonds. The Balaban J connectivity index is 1.35. The number of anilines is 1. The highest BCUT2D eigenvalue weighted by atomic mass is 79.9. The molecule has 1 heterocycles. The van der Waals surface area contributed by atoms with E-state index in [1.54, 1.807) is 6.07 Å². The minimum absolute atomic E-state index is 0.257. The number of rotatable bonds is 5. The van der Waals surface area contributed by atoms with Gasteiger partial charge >= 0.3 is 5.97 Å². The van der Waals surface area contributed by atoms with Gasteiger partial charge < -0.3 is 10.1 Å². The second-order valence-electron chi connectivity index (χ2n) is 8.61. The van der Waals surface area contributed by atoms with Crippen LogP contribution in [0.5, 0.6) is 0 Å². The summed E-state index contributed by atoms with van der Waals surface area (Å²) in [5.74, 6) is -1.78. The molecule has 0 spiro atoms. The fraction of sp³-hybridized carbons (Fsp3) is 0.545. The molecule has 1 N–H and O–H groups in total. The number of esters is 1. The lowest BCUT2D eigenvalue weighted by atomic mass is 9.81. The zero-order valence-corrected chi connectivity index (χ0v) is 18.8. The Labute approximate surface area is 183 Å². The molecule has 2 saturated carbocycles. The highest BCUT2D eigenvalue weighted by molar-refractivity contribution is 9.10. The van der Waals surface area contributed by atoms with E-state index in [-0.39, 0.29) is 35.5 Å². The Bertz CT molecular complexity index is 918. The molecule has 1 aromatic rings. The van der Waals surface area contributed by atoms with Gasteiger partial charge in [-0.3, -0.25) is 19.3 Å². The summed E-state index contributed by atoms with van der Waals surface area (Å²) in [6.07, 6.45) is 2.90. The lowest BCUT2D eigenvalue weighted by molar-refractivity contribution is -0.159. The molecule has 0 radical (unpaired) electrons. The van der Waals surface area contributed by atoms with Gasteiger partial charge in [0, 0.05) is 10.2 Å². The molecule has 8 heteroatoms. The molecule has 160 valence electrons. The van der Waals surface area contributed by atoms with Crippen molar-refractivity contribution in [1.29, 1.82) is 0 Å². The molecular formula is C22H25BrN2O5. The Kier molecular flexibility index (Phi) is 5.46. The number of carbonyl (C=O) groups excluding carboxylic acids is 4. The van der Waals surface area contributed by atoms with Crippen LogP contribution in [0.4, 0.5) is 5.69 Å². The van der Waals surface area contributed by atoms with E-state index in [4.69, 9.17) is 4.74 Å². The topological polar surface area (TPSA) is 92.8 Å². The van der Waals surface area contributed by atoms with Gasteiger partial charge in [-0.2, -0.15) is 0 Å². The number of imide groups is 1. The minimum atomic E-state index is -1.03. The Hall–Kier alpha value is -2.22. The monoisotopic (exact) mass is 476 g/mol. The van der Waals surface area contributed by atoms with E-state index in [2.05, 4.69) is 21.2 Å². The first-order valence-corrected chi connectivity index (χ1v) is 11.1. The first kappa shape index (κ1) is 21.0. The molecule has 4 rings (SSSR count). The summed E-state index contributed by atoms with van der Waals surface area (Å²) in [5, 5.41) is 2.73. The third-order valence-electron chi connectivity index (χ3n) is 7.03. The minimum Gasteiger partial charge on any atom is -0.454 e. The van der Waals surface area contributed by atoms with Crippen LogP contribution in [0.1, 0.15) is 37.3 Å². The molecule has 5 atom stereocenters. The lowest BCUT2D eigenvalue weighted by Gasteiger charge is -2.23. The fourth-order valence-electron chi connectivity index (χ4n) is 5.29. The van der Waals surface area contributed by atoms with E-state index in [9.17, 15) is 19.2 Å². The molecule has 30 heavy (non-hydrogen) atoms. The number of nitrogens with zero attached hydrogens (tertiary/aromatic N) is 1. The van der Waals surface area contributed by atoms with Crippen LogP contribution in [0.15, 0.2) is 16.6 Å². The molecule has 7 nitrogen and oxygen atoms in total. The molecule has 2 aliphatic carbocycles. The molecule has 1 saturated heterocycles. The molecule has 3 fully saturated rings. The first-order valence-electron chi connectivity index (χ1n) is 10.3. The van der Waals surface area contributed by atoms with E-state index in [1.807, 2.05) is 19.9 Å². The first-order chi connectivity index (χ1) is 14.2. The van der Waals surface area contributed by atoms with Crippen LogP contribution in [-0.4, -0.2) is 41.2 Å². The van der Waals surface area contributed by atoms with Gasteiger partial charge in [0.25, 0.3) is 5.91 Å². The van der Waals surface area contributed by atoms with Crippen molar-refractivity contribution in [2.24, 2.45) is 23.7 Å². The molecule has 3 aliphatic rings. The summed E-state index contributed by atoms with van der Waals surface area (Å²) < 4.78 is 6.07. The van der Waals surface area contributed by atoms with Crippen molar-refractivity contribution in [3.63, 3.8) is 0 Å². The number of nitrogens with one attached hydrogen (secondary N) is 1. The van der Waals surface area contributed by atoms with Crippen LogP contribution in [-0.2, 0) is 23.9 Å². The number of carbonyl (C=O) groups is 4. The number of benzene rings is 1. The maximum atomic E-state index is 12.8. The molecular weight excluding hydrogens is 452 g/mol. The van der Waals surface area contributed by atoms with E-state index in [0.717, 1.165) is 39.8 Å². The number of ether oxygens (including phenoxy) is 1. The Morgan fingerprint density at radius 1 is 1.13 bits per heavy atom. The van der Waals surface area contributed by atoms with Gasteiger partial charge in [0.2, 0.25) is 11.8 Å². The third kappa shape index (κ3) is 3.35. The number of fused-ring (bicyclic) bond motifs is 5. The average Bonchev–Trinajstić information content (AvgIpc) is 3.40. The number of hydrogen-bond acceptors (Lipinski definition) is 5. The second-order valence-corrected chi connectivity index (χ2v) is 9.46. The van der Waals surface area contributed by atoms with Crippen molar-refractivity contribution < 1.29 is 23.9 Å². The Morgan fingerprint density at radius 3 is 2.33 bits per heavy atom. The average molecular weight is 477 g/mol. The van der Waals surface area contributed by atoms with Gasteiger partial charge in [-0.05, 0) is 75.1 Å². The zero-order valence-electron chi connectivity index (χ0n) is 17.2. The fourth-order valence-corrected chi connectivity index (χ4v) is 5.72. The third-order valence-corrected chi connectivity index (χ3v) is 7.89. The van der Waals surface area contributed by atoms with Gasteiger partial charge in [-0.1, -0.05) is 15.9 Å². The Morgan fingerprint density at radius 2 is 1.73 bits per heavy atom. The van der Waals surface area contributed by atoms with Crippen molar-refractivity contribution in [3.05, 3.63) is 27.7 Å². The van der Waals surface area contributed by atoms with Crippen LogP contribution >= 0.6 is 15.9 Å². The second kappa shape index (κ2) is 7.80. The van der Waals surface area contributed by atoms with E-state index >= 15 is 0 Å². The van der Waals surface area contributed by atoms with Gasteiger partial charge in [-0.15, -0.1) is 0 Å². The molecule has 2 bridgehead atoms.